The maximum Gasteiger partial charge on any atom is 0.220 e. The zero-order chi connectivity index (χ0) is 11.8. The van der Waals surface area contributed by atoms with Gasteiger partial charge >= 0.3 is 0 Å². The van der Waals surface area contributed by atoms with E-state index < -0.39 is 0 Å². The first-order valence-electron chi connectivity index (χ1n) is 5.49. The summed E-state index contributed by atoms with van der Waals surface area (Å²) in [6, 6.07) is 0. The van der Waals surface area contributed by atoms with E-state index in [4.69, 9.17) is 4.74 Å². The van der Waals surface area contributed by atoms with Crippen LogP contribution in [0.2, 0.25) is 0 Å². The van der Waals surface area contributed by atoms with Crippen molar-refractivity contribution in [3.8, 4) is 0 Å². The summed E-state index contributed by atoms with van der Waals surface area (Å²) in [7, 11) is 0. The standard InChI is InChI=1S/C7H11NO2.C4H7NO/c1-2-6(9)7-5-8-3-4-10-7;6-4-2-1-3-5-4/h2,7-8H,1,3-5H2;1-3H2,(H,5,6). The largest absolute Gasteiger partial charge is 0.367 e. The first-order chi connectivity index (χ1) is 7.74. The smallest absolute Gasteiger partial charge is 0.220 e. The molecule has 0 aromatic carbocycles. The van der Waals surface area contributed by atoms with Crippen molar-refractivity contribution in [1.29, 1.82) is 0 Å². The molecule has 0 bridgehead atoms. The van der Waals surface area contributed by atoms with Crippen molar-refractivity contribution < 1.29 is 14.3 Å². The van der Waals surface area contributed by atoms with Crippen LogP contribution in [-0.2, 0) is 14.3 Å². The van der Waals surface area contributed by atoms with Gasteiger partial charge in [-0.05, 0) is 12.5 Å². The molecule has 16 heavy (non-hydrogen) atoms. The number of carbonyl (C=O) groups is 2. The molecule has 2 saturated heterocycles. The molecular formula is C11H18N2O3. The second-order valence-electron chi connectivity index (χ2n) is 3.62. The topological polar surface area (TPSA) is 67.4 Å². The average Bonchev–Trinajstić information content (AvgIpc) is 2.81. The third-order valence-electron chi connectivity index (χ3n) is 2.35. The summed E-state index contributed by atoms with van der Waals surface area (Å²) in [4.78, 5) is 21.0. The molecular weight excluding hydrogens is 208 g/mol. The van der Waals surface area contributed by atoms with Gasteiger partial charge in [0.2, 0.25) is 5.91 Å². The van der Waals surface area contributed by atoms with E-state index in [1.54, 1.807) is 0 Å². The van der Waals surface area contributed by atoms with Crippen molar-refractivity contribution in [1.82, 2.24) is 10.6 Å². The summed E-state index contributed by atoms with van der Waals surface area (Å²) in [6.07, 6.45) is 2.77. The highest BCUT2D eigenvalue weighted by Crippen LogP contribution is 1.97. The summed E-state index contributed by atoms with van der Waals surface area (Å²) < 4.78 is 5.15. The predicted molar refractivity (Wildman–Crippen MR) is 60.1 cm³/mol. The van der Waals surface area contributed by atoms with Crippen LogP contribution in [0.5, 0.6) is 0 Å². The summed E-state index contributed by atoms with van der Waals surface area (Å²) in [5, 5.41) is 5.74. The third kappa shape index (κ3) is 4.55. The fourth-order valence-electron chi connectivity index (χ4n) is 1.44. The van der Waals surface area contributed by atoms with Crippen LogP contribution in [0, 0.1) is 0 Å². The molecule has 1 unspecified atom stereocenters. The Kier molecular flexibility index (Phi) is 5.74. The SMILES string of the molecule is C=CC(=O)C1CNCCO1.O=C1CCCN1. The number of ether oxygens (including phenoxy) is 1. The number of nitrogens with one attached hydrogen (secondary N) is 2. The van der Waals surface area contributed by atoms with Crippen molar-refractivity contribution in [3.63, 3.8) is 0 Å². The average molecular weight is 226 g/mol. The molecule has 0 aromatic heterocycles. The van der Waals surface area contributed by atoms with Gasteiger partial charge in [-0.2, -0.15) is 0 Å². The minimum absolute atomic E-state index is 0.0350. The van der Waals surface area contributed by atoms with Crippen LogP contribution < -0.4 is 10.6 Å². The van der Waals surface area contributed by atoms with Crippen LogP contribution >= 0.6 is 0 Å². The first kappa shape index (κ1) is 12.9. The zero-order valence-corrected chi connectivity index (χ0v) is 9.33. The lowest BCUT2D eigenvalue weighted by Crippen LogP contribution is -2.42. The van der Waals surface area contributed by atoms with E-state index in [1.807, 2.05) is 0 Å². The van der Waals surface area contributed by atoms with Gasteiger partial charge in [0, 0.05) is 26.1 Å². The highest BCUT2D eigenvalue weighted by atomic mass is 16.5. The summed E-state index contributed by atoms with van der Waals surface area (Å²) in [5.74, 6) is 0.169. The van der Waals surface area contributed by atoms with Crippen LogP contribution in [0.1, 0.15) is 12.8 Å². The molecule has 0 spiro atoms. The molecule has 1 atom stereocenters. The fourth-order valence-corrected chi connectivity index (χ4v) is 1.44. The first-order valence-corrected chi connectivity index (χ1v) is 5.49. The van der Waals surface area contributed by atoms with Crippen molar-refractivity contribution >= 4 is 11.7 Å². The van der Waals surface area contributed by atoms with E-state index in [0.29, 0.717) is 13.2 Å². The molecule has 0 radical (unpaired) electrons. The maximum absolute atomic E-state index is 10.9. The van der Waals surface area contributed by atoms with Crippen LogP contribution in [0.25, 0.3) is 0 Å². The van der Waals surface area contributed by atoms with E-state index in [0.717, 1.165) is 25.9 Å². The van der Waals surface area contributed by atoms with E-state index >= 15 is 0 Å². The quantitative estimate of drug-likeness (QED) is 0.630. The van der Waals surface area contributed by atoms with Crippen molar-refractivity contribution in [3.05, 3.63) is 12.7 Å². The molecule has 5 nitrogen and oxygen atoms in total. The molecule has 2 fully saturated rings. The minimum atomic E-state index is -0.300. The van der Waals surface area contributed by atoms with Crippen LogP contribution in [0.3, 0.4) is 0 Å². The van der Waals surface area contributed by atoms with Crippen LogP contribution in [0.4, 0.5) is 0 Å². The number of rotatable bonds is 2. The van der Waals surface area contributed by atoms with Gasteiger partial charge in [0.15, 0.2) is 5.78 Å². The number of amides is 1. The summed E-state index contributed by atoms with van der Waals surface area (Å²) in [6.45, 7) is 6.33. The number of hydrogen-bond acceptors (Lipinski definition) is 4. The summed E-state index contributed by atoms with van der Waals surface area (Å²) >= 11 is 0. The Hall–Kier alpha value is -1.20. The monoisotopic (exact) mass is 226 g/mol. The second kappa shape index (κ2) is 7.14. The molecule has 2 rings (SSSR count). The molecule has 0 aromatic rings. The molecule has 1 amide bonds. The molecule has 2 N–H and O–H groups in total. The zero-order valence-electron chi connectivity index (χ0n) is 9.33. The predicted octanol–water partition coefficient (Wildman–Crippen LogP) is -0.374. The molecule has 0 saturated carbocycles. The van der Waals surface area contributed by atoms with Gasteiger partial charge in [-0.1, -0.05) is 6.58 Å². The number of morpholine rings is 1. The van der Waals surface area contributed by atoms with Crippen molar-refractivity contribution in [2.45, 2.75) is 18.9 Å². The Morgan fingerprint density at radius 3 is 2.69 bits per heavy atom. The Bertz CT molecular complexity index is 252. The minimum Gasteiger partial charge on any atom is -0.367 e. The molecule has 5 heteroatoms. The Balaban J connectivity index is 0.000000181. The van der Waals surface area contributed by atoms with E-state index in [2.05, 4.69) is 17.2 Å². The lowest BCUT2D eigenvalue weighted by Gasteiger charge is -2.20. The lowest BCUT2D eigenvalue weighted by atomic mass is 10.2. The van der Waals surface area contributed by atoms with Gasteiger partial charge in [-0.3, -0.25) is 9.59 Å². The van der Waals surface area contributed by atoms with Crippen LogP contribution in [0.15, 0.2) is 12.7 Å². The molecule has 0 aliphatic carbocycles. The van der Waals surface area contributed by atoms with Gasteiger partial charge in [0.25, 0.3) is 0 Å². The second-order valence-corrected chi connectivity index (χ2v) is 3.62. The van der Waals surface area contributed by atoms with E-state index in [9.17, 15) is 9.59 Å². The fraction of sp³-hybridized carbons (Fsp3) is 0.636. The Morgan fingerprint density at radius 1 is 1.50 bits per heavy atom. The van der Waals surface area contributed by atoms with E-state index in [-0.39, 0.29) is 17.8 Å². The highest BCUT2D eigenvalue weighted by molar-refractivity contribution is 5.93. The number of hydrogen-bond donors (Lipinski definition) is 2. The van der Waals surface area contributed by atoms with Crippen molar-refractivity contribution in [2.75, 3.05) is 26.2 Å². The normalized spacial score (nSPS) is 24.0. The lowest BCUT2D eigenvalue weighted by molar-refractivity contribution is -0.127. The van der Waals surface area contributed by atoms with Crippen LogP contribution in [-0.4, -0.2) is 44.0 Å². The molecule has 2 aliphatic heterocycles. The Morgan fingerprint density at radius 2 is 2.31 bits per heavy atom. The maximum atomic E-state index is 10.9. The molecule has 2 heterocycles. The number of ketones is 1. The molecule has 90 valence electrons. The Labute approximate surface area is 95.2 Å². The van der Waals surface area contributed by atoms with E-state index in [1.165, 1.54) is 6.08 Å². The third-order valence-corrected chi connectivity index (χ3v) is 2.35. The summed E-state index contributed by atoms with van der Waals surface area (Å²) in [5.41, 5.74) is 0. The molecule has 2 aliphatic rings. The van der Waals surface area contributed by atoms with Gasteiger partial charge in [0.1, 0.15) is 6.10 Å². The number of carbonyl (C=O) groups excluding carboxylic acids is 2. The van der Waals surface area contributed by atoms with Gasteiger partial charge in [-0.25, -0.2) is 0 Å². The van der Waals surface area contributed by atoms with Gasteiger partial charge < -0.3 is 15.4 Å². The highest BCUT2D eigenvalue weighted by Gasteiger charge is 2.18. The van der Waals surface area contributed by atoms with Gasteiger partial charge in [0.05, 0.1) is 6.61 Å². The van der Waals surface area contributed by atoms with Gasteiger partial charge in [-0.15, -0.1) is 0 Å². The van der Waals surface area contributed by atoms with Crippen molar-refractivity contribution in [2.24, 2.45) is 0 Å².